The van der Waals surface area contributed by atoms with Crippen molar-refractivity contribution in [3.63, 3.8) is 0 Å². The van der Waals surface area contributed by atoms with Crippen LogP contribution in [0.3, 0.4) is 0 Å². The van der Waals surface area contributed by atoms with Crippen molar-refractivity contribution in [1.29, 1.82) is 0 Å². The van der Waals surface area contributed by atoms with Crippen molar-refractivity contribution in [3.8, 4) is 0 Å². The highest BCUT2D eigenvalue weighted by molar-refractivity contribution is 7.89. The summed E-state index contributed by atoms with van der Waals surface area (Å²) < 4.78 is 27.4. The lowest BCUT2D eigenvalue weighted by Gasteiger charge is -2.09. The van der Waals surface area contributed by atoms with Gasteiger partial charge >= 0.3 is 0 Å². The van der Waals surface area contributed by atoms with Crippen LogP contribution in [0.25, 0.3) is 0 Å². The van der Waals surface area contributed by atoms with Crippen molar-refractivity contribution in [2.75, 3.05) is 11.9 Å². The van der Waals surface area contributed by atoms with Gasteiger partial charge in [0.1, 0.15) is 0 Å². The molecule has 0 radical (unpaired) electrons. The van der Waals surface area contributed by atoms with Gasteiger partial charge in [0.25, 0.3) is 0 Å². The van der Waals surface area contributed by atoms with E-state index in [1.807, 2.05) is 37.3 Å². The molecule has 5 heteroatoms. The molecule has 1 aliphatic heterocycles. The molecule has 2 aromatic rings. The Morgan fingerprint density at radius 2 is 2.05 bits per heavy atom. The molecule has 0 unspecified atom stereocenters. The van der Waals surface area contributed by atoms with E-state index in [1.165, 1.54) is 0 Å². The Labute approximate surface area is 125 Å². The third-order valence-corrected chi connectivity index (χ3v) is 5.04. The molecule has 110 valence electrons. The summed E-state index contributed by atoms with van der Waals surface area (Å²) in [5.74, 6) is 0. The van der Waals surface area contributed by atoms with Crippen LogP contribution in [0.5, 0.6) is 0 Å². The van der Waals surface area contributed by atoms with Crippen LogP contribution in [0.1, 0.15) is 16.7 Å². The second-order valence-corrected chi connectivity index (χ2v) is 7.08. The van der Waals surface area contributed by atoms with Crippen molar-refractivity contribution in [2.24, 2.45) is 0 Å². The molecule has 2 N–H and O–H groups in total. The standard InChI is InChI=1S/C16H18N2O2S/c1-12-3-2-4-13(9-12)11-18-21(19,20)15-5-6-16-14(10-15)7-8-17-16/h2-6,9-10,17-18H,7-8,11H2,1H3. The molecule has 2 aromatic carbocycles. The Balaban J connectivity index is 1.78. The van der Waals surface area contributed by atoms with E-state index in [2.05, 4.69) is 10.0 Å². The average molecular weight is 302 g/mol. The maximum Gasteiger partial charge on any atom is 0.240 e. The Bertz CT molecular complexity index is 770. The highest BCUT2D eigenvalue weighted by atomic mass is 32.2. The molecule has 0 aromatic heterocycles. The van der Waals surface area contributed by atoms with Crippen LogP contribution in [-0.4, -0.2) is 15.0 Å². The fourth-order valence-electron chi connectivity index (χ4n) is 2.53. The molecule has 0 spiro atoms. The van der Waals surface area contributed by atoms with Crippen LogP contribution < -0.4 is 10.0 Å². The zero-order valence-electron chi connectivity index (χ0n) is 11.9. The number of benzene rings is 2. The molecule has 0 atom stereocenters. The summed E-state index contributed by atoms with van der Waals surface area (Å²) in [5.41, 5.74) is 4.18. The first-order chi connectivity index (χ1) is 10.0. The monoisotopic (exact) mass is 302 g/mol. The molecular formula is C16H18N2O2S. The highest BCUT2D eigenvalue weighted by Crippen LogP contribution is 2.25. The summed E-state index contributed by atoms with van der Waals surface area (Å²) in [6.07, 6.45) is 0.872. The minimum atomic E-state index is -3.47. The number of anilines is 1. The van der Waals surface area contributed by atoms with Crippen molar-refractivity contribution in [1.82, 2.24) is 4.72 Å². The van der Waals surface area contributed by atoms with Gasteiger partial charge in [-0.2, -0.15) is 0 Å². The van der Waals surface area contributed by atoms with Crippen LogP contribution in [0, 0.1) is 6.92 Å². The topological polar surface area (TPSA) is 58.2 Å². The van der Waals surface area contributed by atoms with Crippen LogP contribution in [-0.2, 0) is 23.0 Å². The Morgan fingerprint density at radius 3 is 2.86 bits per heavy atom. The average Bonchev–Trinajstić information content (AvgIpc) is 2.93. The van der Waals surface area contributed by atoms with Gasteiger partial charge in [-0.05, 0) is 42.7 Å². The first-order valence-electron chi connectivity index (χ1n) is 6.97. The van der Waals surface area contributed by atoms with Gasteiger partial charge in [0.2, 0.25) is 10.0 Å². The number of sulfonamides is 1. The van der Waals surface area contributed by atoms with Gasteiger partial charge in [-0.3, -0.25) is 0 Å². The largest absolute Gasteiger partial charge is 0.384 e. The quantitative estimate of drug-likeness (QED) is 0.912. The van der Waals surface area contributed by atoms with Crippen LogP contribution in [0.4, 0.5) is 5.69 Å². The molecule has 0 bridgehead atoms. The van der Waals surface area contributed by atoms with Crippen LogP contribution >= 0.6 is 0 Å². The predicted molar refractivity (Wildman–Crippen MR) is 83.8 cm³/mol. The van der Waals surface area contributed by atoms with Crippen molar-refractivity contribution >= 4 is 15.7 Å². The van der Waals surface area contributed by atoms with Crippen molar-refractivity contribution < 1.29 is 8.42 Å². The maximum atomic E-state index is 12.4. The highest BCUT2D eigenvalue weighted by Gasteiger charge is 2.17. The summed E-state index contributed by atoms with van der Waals surface area (Å²) in [6, 6.07) is 13.1. The molecule has 0 amide bonds. The minimum absolute atomic E-state index is 0.305. The second-order valence-electron chi connectivity index (χ2n) is 5.31. The molecule has 3 rings (SSSR count). The number of rotatable bonds is 4. The van der Waals surface area contributed by atoms with Gasteiger partial charge < -0.3 is 5.32 Å². The number of aryl methyl sites for hydroxylation is 1. The molecule has 0 fully saturated rings. The van der Waals surface area contributed by atoms with Gasteiger partial charge in [-0.15, -0.1) is 0 Å². The molecule has 1 aliphatic rings. The van der Waals surface area contributed by atoms with Gasteiger partial charge in [0.15, 0.2) is 0 Å². The van der Waals surface area contributed by atoms with E-state index in [4.69, 9.17) is 0 Å². The third-order valence-electron chi connectivity index (χ3n) is 3.65. The lowest BCUT2D eigenvalue weighted by atomic mass is 10.1. The smallest absolute Gasteiger partial charge is 0.240 e. The fourth-order valence-corrected chi connectivity index (χ4v) is 3.60. The summed E-state index contributed by atoms with van der Waals surface area (Å²) in [5, 5.41) is 3.23. The number of hydrogen-bond donors (Lipinski definition) is 2. The van der Waals surface area contributed by atoms with Gasteiger partial charge in [-0.25, -0.2) is 13.1 Å². The fraction of sp³-hybridized carbons (Fsp3) is 0.250. The number of nitrogens with one attached hydrogen (secondary N) is 2. The zero-order valence-corrected chi connectivity index (χ0v) is 12.7. The first kappa shape index (κ1) is 14.1. The number of fused-ring (bicyclic) bond motifs is 1. The van der Waals surface area contributed by atoms with E-state index in [0.717, 1.165) is 35.3 Å². The van der Waals surface area contributed by atoms with Gasteiger partial charge in [-0.1, -0.05) is 29.8 Å². The summed E-state index contributed by atoms with van der Waals surface area (Å²) >= 11 is 0. The van der Waals surface area contributed by atoms with Gasteiger partial charge in [0, 0.05) is 18.8 Å². The molecule has 0 saturated carbocycles. The van der Waals surface area contributed by atoms with E-state index < -0.39 is 10.0 Å². The number of hydrogen-bond acceptors (Lipinski definition) is 3. The summed E-state index contributed by atoms with van der Waals surface area (Å²) in [4.78, 5) is 0.331. The molecule has 0 aliphatic carbocycles. The van der Waals surface area contributed by atoms with Crippen LogP contribution in [0.2, 0.25) is 0 Å². The molecule has 4 nitrogen and oxygen atoms in total. The van der Waals surface area contributed by atoms with Crippen molar-refractivity contribution in [2.45, 2.75) is 24.8 Å². The maximum absolute atomic E-state index is 12.4. The van der Waals surface area contributed by atoms with Crippen molar-refractivity contribution in [3.05, 3.63) is 59.2 Å². The molecule has 1 heterocycles. The lowest BCUT2D eigenvalue weighted by Crippen LogP contribution is -2.23. The van der Waals surface area contributed by atoms with Gasteiger partial charge in [0.05, 0.1) is 4.90 Å². The predicted octanol–water partition coefficient (Wildman–Crippen LogP) is 2.44. The molecule has 21 heavy (non-hydrogen) atoms. The zero-order chi connectivity index (χ0) is 14.9. The SMILES string of the molecule is Cc1cccc(CNS(=O)(=O)c2ccc3c(c2)CCN3)c1. The van der Waals surface area contributed by atoms with E-state index >= 15 is 0 Å². The van der Waals surface area contributed by atoms with E-state index in [-0.39, 0.29) is 0 Å². The Hall–Kier alpha value is -1.85. The van der Waals surface area contributed by atoms with Crippen LogP contribution in [0.15, 0.2) is 47.4 Å². The third kappa shape index (κ3) is 3.09. The summed E-state index contributed by atoms with van der Waals surface area (Å²) in [7, 11) is -3.47. The molecule has 0 saturated heterocycles. The Kier molecular flexibility index (Phi) is 3.69. The molecular weight excluding hydrogens is 284 g/mol. The normalized spacial score (nSPS) is 13.8. The summed E-state index contributed by atoms with van der Waals surface area (Å²) in [6.45, 7) is 3.17. The lowest BCUT2D eigenvalue weighted by molar-refractivity contribution is 0.581. The first-order valence-corrected chi connectivity index (χ1v) is 8.45. The van der Waals surface area contributed by atoms with E-state index in [9.17, 15) is 8.42 Å². The van der Waals surface area contributed by atoms with E-state index in [1.54, 1.807) is 12.1 Å². The van der Waals surface area contributed by atoms with E-state index in [0.29, 0.717) is 11.4 Å². The minimum Gasteiger partial charge on any atom is -0.384 e. The second kappa shape index (κ2) is 5.50. The Morgan fingerprint density at radius 1 is 1.19 bits per heavy atom.